The van der Waals surface area contributed by atoms with Crippen LogP contribution in [0.2, 0.25) is 0 Å². The number of hydrogen-bond acceptors (Lipinski definition) is 4. The highest BCUT2D eigenvalue weighted by molar-refractivity contribution is 5.75. The van der Waals surface area contributed by atoms with Crippen LogP contribution in [0.25, 0.3) is 22.4 Å². The van der Waals surface area contributed by atoms with Crippen molar-refractivity contribution in [3.8, 4) is 28.1 Å². The zero-order valence-corrected chi connectivity index (χ0v) is 13.0. The molecule has 0 amide bonds. The van der Waals surface area contributed by atoms with E-state index in [4.69, 9.17) is 10.5 Å². The number of benzene rings is 2. The van der Waals surface area contributed by atoms with Crippen molar-refractivity contribution < 1.29 is 4.74 Å². The highest BCUT2D eigenvalue weighted by atomic mass is 16.5. The van der Waals surface area contributed by atoms with Crippen LogP contribution in [-0.2, 0) is 7.05 Å². The van der Waals surface area contributed by atoms with Gasteiger partial charge in [0, 0.05) is 24.2 Å². The molecular weight excluding hydrogens is 290 g/mol. The summed E-state index contributed by atoms with van der Waals surface area (Å²) < 4.78 is 6.72. The minimum atomic E-state index is -0.185. The van der Waals surface area contributed by atoms with E-state index in [-0.39, 0.29) is 11.5 Å². The Hall–Kier alpha value is -3.08. The van der Waals surface area contributed by atoms with Crippen LogP contribution in [-0.4, -0.2) is 16.7 Å². The molecule has 0 fully saturated rings. The van der Waals surface area contributed by atoms with Crippen LogP contribution in [0.5, 0.6) is 5.75 Å². The summed E-state index contributed by atoms with van der Waals surface area (Å²) in [4.78, 5) is 16.2. The van der Waals surface area contributed by atoms with Gasteiger partial charge in [-0.1, -0.05) is 36.4 Å². The molecule has 0 radical (unpaired) electrons. The number of nitrogen functional groups attached to an aromatic ring is 1. The van der Waals surface area contributed by atoms with Crippen LogP contribution in [0, 0.1) is 0 Å². The smallest absolute Gasteiger partial charge is 0.255 e. The van der Waals surface area contributed by atoms with Gasteiger partial charge >= 0.3 is 0 Å². The quantitative estimate of drug-likeness (QED) is 0.807. The van der Waals surface area contributed by atoms with E-state index in [1.807, 2.05) is 48.5 Å². The van der Waals surface area contributed by atoms with Crippen LogP contribution in [0.15, 0.2) is 59.4 Å². The number of ether oxygens (including phenoxy) is 1. The predicted molar refractivity (Wildman–Crippen MR) is 91.3 cm³/mol. The van der Waals surface area contributed by atoms with E-state index in [2.05, 4.69) is 4.98 Å². The van der Waals surface area contributed by atoms with Gasteiger partial charge in [0.25, 0.3) is 5.56 Å². The van der Waals surface area contributed by atoms with Gasteiger partial charge in [0.05, 0.1) is 12.8 Å². The lowest BCUT2D eigenvalue weighted by molar-refractivity contribution is 0.416. The lowest BCUT2D eigenvalue weighted by Crippen LogP contribution is -2.20. The topological polar surface area (TPSA) is 70.1 Å². The molecule has 3 rings (SSSR count). The van der Waals surface area contributed by atoms with Crippen molar-refractivity contribution in [2.45, 2.75) is 0 Å². The standard InChI is InChI=1S/C18H17N3O2/c1-21-17(22)11-15(20-18(21)19)13-7-5-6-12(10-13)14-8-3-4-9-16(14)23-2/h3-11H,1-2H3,(H2,19,20). The number of aromatic nitrogens is 2. The molecule has 0 spiro atoms. The Morgan fingerprint density at radius 1 is 1.04 bits per heavy atom. The lowest BCUT2D eigenvalue weighted by atomic mass is 10.0. The van der Waals surface area contributed by atoms with E-state index < -0.39 is 0 Å². The molecule has 23 heavy (non-hydrogen) atoms. The summed E-state index contributed by atoms with van der Waals surface area (Å²) in [6.07, 6.45) is 0. The Labute approximate surface area is 134 Å². The average molecular weight is 307 g/mol. The Morgan fingerprint density at radius 2 is 1.78 bits per heavy atom. The second-order valence-electron chi connectivity index (χ2n) is 5.18. The van der Waals surface area contributed by atoms with Gasteiger partial charge < -0.3 is 10.5 Å². The molecule has 0 aliphatic rings. The first-order chi connectivity index (χ1) is 11.1. The number of methoxy groups -OCH3 is 1. The zero-order chi connectivity index (χ0) is 16.4. The Morgan fingerprint density at radius 3 is 2.52 bits per heavy atom. The van der Waals surface area contributed by atoms with Crippen molar-refractivity contribution in [2.75, 3.05) is 12.8 Å². The predicted octanol–water partition coefficient (Wildman–Crippen LogP) is 2.71. The second-order valence-corrected chi connectivity index (χ2v) is 5.18. The molecule has 2 aromatic carbocycles. The summed E-state index contributed by atoms with van der Waals surface area (Å²) in [5, 5.41) is 0. The third-order valence-electron chi connectivity index (χ3n) is 3.75. The van der Waals surface area contributed by atoms with Crippen molar-refractivity contribution >= 4 is 5.95 Å². The van der Waals surface area contributed by atoms with Crippen molar-refractivity contribution in [3.63, 3.8) is 0 Å². The van der Waals surface area contributed by atoms with Gasteiger partial charge in [-0.05, 0) is 17.7 Å². The summed E-state index contributed by atoms with van der Waals surface area (Å²) in [5.41, 5.74) is 8.96. The highest BCUT2D eigenvalue weighted by Crippen LogP contribution is 2.31. The van der Waals surface area contributed by atoms with Gasteiger partial charge in [-0.2, -0.15) is 0 Å². The van der Waals surface area contributed by atoms with Crippen LogP contribution >= 0.6 is 0 Å². The summed E-state index contributed by atoms with van der Waals surface area (Å²) in [6, 6.07) is 17.1. The number of anilines is 1. The zero-order valence-electron chi connectivity index (χ0n) is 13.0. The van der Waals surface area contributed by atoms with E-state index in [9.17, 15) is 4.79 Å². The number of nitrogens with zero attached hydrogens (tertiary/aromatic N) is 2. The maximum atomic E-state index is 11.9. The highest BCUT2D eigenvalue weighted by Gasteiger charge is 2.09. The monoisotopic (exact) mass is 307 g/mol. The van der Waals surface area contributed by atoms with E-state index in [0.29, 0.717) is 5.69 Å². The van der Waals surface area contributed by atoms with Gasteiger partial charge in [-0.15, -0.1) is 0 Å². The summed E-state index contributed by atoms with van der Waals surface area (Å²) in [7, 11) is 3.24. The number of hydrogen-bond donors (Lipinski definition) is 1. The number of nitrogens with two attached hydrogens (primary N) is 1. The molecule has 0 unspecified atom stereocenters. The number of para-hydroxylation sites is 1. The molecule has 2 N–H and O–H groups in total. The van der Waals surface area contributed by atoms with Gasteiger partial charge in [0.15, 0.2) is 0 Å². The average Bonchev–Trinajstić information content (AvgIpc) is 2.59. The largest absolute Gasteiger partial charge is 0.496 e. The van der Waals surface area contributed by atoms with Crippen molar-refractivity contribution in [1.82, 2.24) is 9.55 Å². The third kappa shape index (κ3) is 2.81. The number of rotatable bonds is 3. The minimum absolute atomic E-state index is 0.185. The van der Waals surface area contributed by atoms with Gasteiger partial charge in [0.1, 0.15) is 5.75 Å². The van der Waals surface area contributed by atoms with Crippen molar-refractivity contribution in [3.05, 3.63) is 65.0 Å². The minimum Gasteiger partial charge on any atom is -0.496 e. The Bertz CT molecular complexity index is 916. The fraction of sp³-hybridized carbons (Fsp3) is 0.111. The van der Waals surface area contributed by atoms with E-state index >= 15 is 0 Å². The van der Waals surface area contributed by atoms with Gasteiger partial charge in [0.2, 0.25) is 5.95 Å². The third-order valence-corrected chi connectivity index (χ3v) is 3.75. The molecule has 1 heterocycles. The molecule has 116 valence electrons. The van der Waals surface area contributed by atoms with Crippen LogP contribution in [0.1, 0.15) is 0 Å². The van der Waals surface area contributed by atoms with Crippen LogP contribution < -0.4 is 16.0 Å². The molecule has 0 bridgehead atoms. The Balaban J connectivity index is 2.12. The fourth-order valence-corrected chi connectivity index (χ4v) is 2.43. The second kappa shape index (κ2) is 5.96. The first-order valence-corrected chi connectivity index (χ1v) is 7.17. The molecule has 1 aromatic heterocycles. The Kier molecular flexibility index (Phi) is 3.85. The van der Waals surface area contributed by atoms with Gasteiger partial charge in [-0.25, -0.2) is 4.98 Å². The molecule has 5 nitrogen and oxygen atoms in total. The summed E-state index contributed by atoms with van der Waals surface area (Å²) in [5.74, 6) is 0.983. The summed E-state index contributed by atoms with van der Waals surface area (Å²) >= 11 is 0. The van der Waals surface area contributed by atoms with Crippen LogP contribution in [0.3, 0.4) is 0 Å². The first-order valence-electron chi connectivity index (χ1n) is 7.17. The first kappa shape index (κ1) is 14.8. The molecule has 3 aromatic rings. The normalized spacial score (nSPS) is 10.5. The SMILES string of the molecule is COc1ccccc1-c1cccc(-c2cc(=O)n(C)c(N)n2)c1. The maximum absolute atomic E-state index is 11.9. The molecule has 0 atom stereocenters. The lowest BCUT2D eigenvalue weighted by Gasteiger charge is -2.10. The molecule has 0 aliphatic carbocycles. The van der Waals surface area contributed by atoms with E-state index in [1.54, 1.807) is 14.2 Å². The summed E-state index contributed by atoms with van der Waals surface area (Å²) in [6.45, 7) is 0. The van der Waals surface area contributed by atoms with Crippen molar-refractivity contribution in [1.29, 1.82) is 0 Å². The van der Waals surface area contributed by atoms with Crippen LogP contribution in [0.4, 0.5) is 5.95 Å². The molecule has 0 aliphatic heterocycles. The van der Waals surface area contributed by atoms with E-state index in [1.165, 1.54) is 10.6 Å². The fourth-order valence-electron chi connectivity index (χ4n) is 2.43. The van der Waals surface area contributed by atoms with Crippen molar-refractivity contribution in [2.24, 2.45) is 7.05 Å². The molecule has 0 saturated heterocycles. The van der Waals surface area contributed by atoms with Gasteiger partial charge in [-0.3, -0.25) is 9.36 Å². The molecule has 5 heteroatoms. The maximum Gasteiger partial charge on any atom is 0.255 e. The molecular formula is C18H17N3O2. The van der Waals surface area contributed by atoms with E-state index in [0.717, 1.165) is 22.4 Å². The molecule has 0 saturated carbocycles.